The molecule has 122 valence electrons. The van der Waals surface area contributed by atoms with E-state index < -0.39 is 0 Å². The summed E-state index contributed by atoms with van der Waals surface area (Å²) in [5.41, 5.74) is 0.933. The Labute approximate surface area is 134 Å². The van der Waals surface area contributed by atoms with Crippen LogP contribution in [0.3, 0.4) is 0 Å². The molecule has 8 nitrogen and oxygen atoms in total. The van der Waals surface area contributed by atoms with Crippen LogP contribution in [0, 0.1) is 0 Å². The lowest BCUT2D eigenvalue weighted by Crippen LogP contribution is -2.49. The molecule has 1 fully saturated rings. The summed E-state index contributed by atoms with van der Waals surface area (Å²) in [6, 6.07) is 3.70. The SMILES string of the molecule is CC[C@H]1CN(C(=O)NCc2ccc(-n3cncn3)nc2)CCO1. The van der Waals surface area contributed by atoms with Gasteiger partial charge in [-0.1, -0.05) is 13.0 Å². The molecule has 1 saturated heterocycles. The molecule has 2 aromatic heterocycles. The van der Waals surface area contributed by atoms with Gasteiger partial charge in [0.1, 0.15) is 12.7 Å². The highest BCUT2D eigenvalue weighted by atomic mass is 16.5. The van der Waals surface area contributed by atoms with Gasteiger partial charge in [-0.3, -0.25) is 0 Å². The Morgan fingerprint density at radius 1 is 1.48 bits per heavy atom. The summed E-state index contributed by atoms with van der Waals surface area (Å²) in [4.78, 5) is 22.2. The number of nitrogens with zero attached hydrogens (tertiary/aromatic N) is 5. The third-order valence-corrected chi connectivity index (χ3v) is 3.79. The molecule has 1 aliphatic rings. The molecule has 8 heteroatoms. The van der Waals surface area contributed by atoms with Crippen molar-refractivity contribution in [1.29, 1.82) is 0 Å². The zero-order chi connectivity index (χ0) is 16.1. The van der Waals surface area contributed by atoms with E-state index in [2.05, 4.69) is 27.3 Å². The van der Waals surface area contributed by atoms with Crippen molar-refractivity contribution in [3.05, 3.63) is 36.5 Å². The molecular weight excluding hydrogens is 296 g/mol. The summed E-state index contributed by atoms with van der Waals surface area (Å²) in [6.07, 6.45) is 5.83. The number of aromatic nitrogens is 4. The average molecular weight is 316 g/mol. The number of pyridine rings is 1. The number of morpholine rings is 1. The van der Waals surface area contributed by atoms with Crippen LogP contribution < -0.4 is 5.32 Å². The summed E-state index contributed by atoms with van der Waals surface area (Å²) in [7, 11) is 0. The summed E-state index contributed by atoms with van der Waals surface area (Å²) < 4.78 is 7.16. The molecule has 1 N–H and O–H groups in total. The second-order valence-electron chi connectivity index (χ2n) is 5.37. The van der Waals surface area contributed by atoms with Crippen LogP contribution in [0.25, 0.3) is 5.82 Å². The summed E-state index contributed by atoms with van der Waals surface area (Å²) in [6.45, 7) is 4.38. The highest BCUT2D eigenvalue weighted by Gasteiger charge is 2.22. The van der Waals surface area contributed by atoms with Crippen LogP contribution in [0.2, 0.25) is 0 Å². The molecule has 1 atom stereocenters. The van der Waals surface area contributed by atoms with Crippen LogP contribution in [0.4, 0.5) is 4.79 Å². The van der Waals surface area contributed by atoms with Gasteiger partial charge in [-0.05, 0) is 18.1 Å². The molecule has 2 aromatic rings. The first kappa shape index (κ1) is 15.4. The molecule has 0 radical (unpaired) electrons. The van der Waals surface area contributed by atoms with Crippen LogP contribution in [0.5, 0.6) is 0 Å². The second kappa shape index (κ2) is 7.19. The number of nitrogens with one attached hydrogen (secondary N) is 1. The Morgan fingerprint density at radius 2 is 2.39 bits per heavy atom. The molecule has 0 unspecified atom stereocenters. The molecule has 0 saturated carbocycles. The third-order valence-electron chi connectivity index (χ3n) is 3.79. The second-order valence-corrected chi connectivity index (χ2v) is 5.37. The van der Waals surface area contributed by atoms with Crippen LogP contribution in [0.1, 0.15) is 18.9 Å². The molecule has 0 aromatic carbocycles. The van der Waals surface area contributed by atoms with E-state index >= 15 is 0 Å². The lowest BCUT2D eigenvalue weighted by atomic mass is 10.2. The zero-order valence-corrected chi connectivity index (χ0v) is 13.1. The molecule has 3 rings (SSSR count). The van der Waals surface area contributed by atoms with Gasteiger partial charge >= 0.3 is 6.03 Å². The van der Waals surface area contributed by atoms with E-state index in [1.165, 1.54) is 6.33 Å². The molecule has 3 heterocycles. The number of carbonyl (C=O) groups is 1. The highest BCUT2D eigenvalue weighted by Crippen LogP contribution is 2.09. The number of urea groups is 1. The predicted octanol–water partition coefficient (Wildman–Crippen LogP) is 0.983. The topological polar surface area (TPSA) is 85.2 Å². The summed E-state index contributed by atoms with van der Waals surface area (Å²) in [5.74, 6) is 0.691. The predicted molar refractivity (Wildman–Crippen MR) is 83.0 cm³/mol. The summed E-state index contributed by atoms with van der Waals surface area (Å²) in [5, 5.41) is 6.95. The Balaban J connectivity index is 1.52. The lowest BCUT2D eigenvalue weighted by Gasteiger charge is -2.32. The average Bonchev–Trinajstić information content (AvgIpc) is 3.15. The Kier molecular flexibility index (Phi) is 4.82. The zero-order valence-electron chi connectivity index (χ0n) is 13.1. The smallest absolute Gasteiger partial charge is 0.317 e. The minimum Gasteiger partial charge on any atom is -0.375 e. The maximum atomic E-state index is 12.2. The molecule has 23 heavy (non-hydrogen) atoms. The van der Waals surface area contributed by atoms with Crippen molar-refractivity contribution in [3.8, 4) is 5.82 Å². The number of ether oxygens (including phenoxy) is 1. The molecule has 0 aliphatic carbocycles. The van der Waals surface area contributed by atoms with Gasteiger partial charge in [0.2, 0.25) is 0 Å². The maximum absolute atomic E-state index is 12.2. The van der Waals surface area contributed by atoms with Gasteiger partial charge in [-0.15, -0.1) is 0 Å². The van der Waals surface area contributed by atoms with Gasteiger partial charge in [0.05, 0.1) is 12.7 Å². The number of rotatable bonds is 4. The first-order valence-electron chi connectivity index (χ1n) is 7.70. The normalized spacial score (nSPS) is 18.0. The fourth-order valence-electron chi connectivity index (χ4n) is 2.42. The lowest BCUT2D eigenvalue weighted by molar-refractivity contribution is -0.0154. The van der Waals surface area contributed by atoms with Gasteiger partial charge in [-0.2, -0.15) is 5.10 Å². The van der Waals surface area contributed by atoms with Crippen LogP contribution in [-0.2, 0) is 11.3 Å². The van der Waals surface area contributed by atoms with E-state index in [1.54, 1.807) is 22.1 Å². The number of amides is 2. The van der Waals surface area contributed by atoms with E-state index in [0.29, 0.717) is 32.1 Å². The van der Waals surface area contributed by atoms with Gasteiger partial charge in [0, 0.05) is 25.8 Å². The minimum absolute atomic E-state index is 0.0629. The van der Waals surface area contributed by atoms with Crippen molar-refractivity contribution in [3.63, 3.8) is 0 Å². The third kappa shape index (κ3) is 3.84. The Bertz CT molecular complexity index is 628. The molecule has 0 spiro atoms. The van der Waals surface area contributed by atoms with E-state index in [0.717, 1.165) is 12.0 Å². The van der Waals surface area contributed by atoms with Crippen molar-refractivity contribution in [2.24, 2.45) is 0 Å². The number of carbonyl (C=O) groups excluding carboxylic acids is 1. The summed E-state index contributed by atoms with van der Waals surface area (Å²) >= 11 is 0. The van der Waals surface area contributed by atoms with Crippen LogP contribution >= 0.6 is 0 Å². The van der Waals surface area contributed by atoms with Gasteiger partial charge in [-0.25, -0.2) is 19.4 Å². The minimum atomic E-state index is -0.0629. The monoisotopic (exact) mass is 316 g/mol. The Morgan fingerprint density at radius 3 is 3.09 bits per heavy atom. The van der Waals surface area contributed by atoms with E-state index in [-0.39, 0.29) is 12.1 Å². The van der Waals surface area contributed by atoms with E-state index in [4.69, 9.17) is 4.74 Å². The van der Waals surface area contributed by atoms with Gasteiger partial charge < -0.3 is 15.0 Å². The Hall–Kier alpha value is -2.48. The number of hydrogen-bond acceptors (Lipinski definition) is 5. The molecule has 0 bridgehead atoms. The van der Waals surface area contributed by atoms with Crippen molar-refractivity contribution in [2.45, 2.75) is 26.0 Å². The van der Waals surface area contributed by atoms with Crippen molar-refractivity contribution in [2.75, 3.05) is 19.7 Å². The van der Waals surface area contributed by atoms with Gasteiger partial charge in [0.25, 0.3) is 0 Å². The molecular formula is C15H20N6O2. The fourth-order valence-corrected chi connectivity index (χ4v) is 2.42. The molecule has 1 aliphatic heterocycles. The van der Waals surface area contributed by atoms with E-state index in [1.807, 2.05) is 12.1 Å². The first-order valence-corrected chi connectivity index (χ1v) is 7.70. The number of hydrogen-bond donors (Lipinski definition) is 1. The molecule has 2 amide bonds. The van der Waals surface area contributed by atoms with Crippen molar-refractivity contribution < 1.29 is 9.53 Å². The highest BCUT2D eigenvalue weighted by molar-refractivity contribution is 5.74. The maximum Gasteiger partial charge on any atom is 0.317 e. The van der Waals surface area contributed by atoms with Gasteiger partial charge in [0.15, 0.2) is 5.82 Å². The fraction of sp³-hybridized carbons (Fsp3) is 0.467. The van der Waals surface area contributed by atoms with Crippen LogP contribution in [0.15, 0.2) is 31.0 Å². The first-order chi connectivity index (χ1) is 11.3. The quantitative estimate of drug-likeness (QED) is 0.909. The van der Waals surface area contributed by atoms with E-state index in [9.17, 15) is 4.79 Å². The van der Waals surface area contributed by atoms with Crippen molar-refractivity contribution in [1.82, 2.24) is 30.0 Å². The van der Waals surface area contributed by atoms with Crippen molar-refractivity contribution >= 4 is 6.03 Å². The largest absolute Gasteiger partial charge is 0.375 e. The van der Waals surface area contributed by atoms with Crippen LogP contribution in [-0.4, -0.2) is 56.5 Å². The standard InChI is InChI=1S/C15H20N6O2/c1-2-13-9-20(5-6-23-13)15(22)18-8-12-3-4-14(17-7-12)21-11-16-10-19-21/h3-4,7,10-11,13H,2,5-6,8-9H2,1H3,(H,18,22)/t13-/m0/s1.